The Morgan fingerprint density at radius 3 is 2.52 bits per heavy atom. The number of epoxide rings is 1. The first-order valence-corrected chi connectivity index (χ1v) is 15.1. The van der Waals surface area contributed by atoms with Crippen molar-refractivity contribution in [2.45, 2.75) is 134 Å². The number of likely N-dealkylation sites (N-methyl/N-ethyl adjacent to an activating group) is 1. The predicted molar refractivity (Wildman–Crippen MR) is 149 cm³/mol. The van der Waals surface area contributed by atoms with Crippen LogP contribution < -0.4 is 0 Å². The number of nitrogens with zero attached hydrogens (tertiary/aromatic N) is 2. The molecule has 9 heteroatoms. The average Bonchev–Trinajstić information content (AvgIpc) is 3.50. The Kier molecular flexibility index (Phi) is 8.38. The highest BCUT2D eigenvalue weighted by Crippen LogP contribution is 2.53. The number of carbonyl (C=O) groups excluding carboxylic acids is 1. The number of rotatable bonds is 4. The van der Waals surface area contributed by atoms with Gasteiger partial charge in [0, 0.05) is 30.0 Å². The number of carbonyl (C=O) groups is 1. The first-order valence-electron chi connectivity index (χ1n) is 15.1. The third-order valence-corrected chi connectivity index (χ3v) is 10.1. The second-order valence-electron chi connectivity index (χ2n) is 13.2. The topological polar surface area (TPSA) is 114 Å². The molecule has 5 aliphatic rings. The molecule has 1 aliphatic carbocycles. The summed E-state index contributed by atoms with van der Waals surface area (Å²) in [5, 5.41) is 22.6. The van der Waals surface area contributed by atoms with Gasteiger partial charge in [-0.2, -0.15) is 0 Å². The van der Waals surface area contributed by atoms with Gasteiger partial charge in [-0.1, -0.05) is 27.7 Å². The van der Waals surface area contributed by atoms with E-state index >= 15 is 0 Å². The summed E-state index contributed by atoms with van der Waals surface area (Å²) in [6.07, 6.45) is 0.205. The molecule has 0 aromatic carbocycles. The first-order chi connectivity index (χ1) is 18.8. The Labute approximate surface area is 238 Å². The number of aliphatic hydroxyl groups is 2. The minimum Gasteiger partial charge on any atom is -0.462 e. The molecule has 224 valence electrons. The van der Waals surface area contributed by atoms with Crippen LogP contribution in [-0.2, 0) is 29.3 Å². The molecule has 13 atom stereocenters. The van der Waals surface area contributed by atoms with E-state index in [1.54, 1.807) is 0 Å². The third kappa shape index (κ3) is 5.34. The quantitative estimate of drug-likeness (QED) is 0.422. The molecule has 9 unspecified atom stereocenters. The van der Waals surface area contributed by atoms with Gasteiger partial charge in [-0.3, -0.25) is 9.78 Å². The van der Waals surface area contributed by atoms with Gasteiger partial charge >= 0.3 is 5.97 Å². The fourth-order valence-electron chi connectivity index (χ4n) is 7.43. The second kappa shape index (κ2) is 11.2. The summed E-state index contributed by atoms with van der Waals surface area (Å²) >= 11 is 0. The van der Waals surface area contributed by atoms with Crippen molar-refractivity contribution in [1.82, 2.24) is 9.88 Å². The molecule has 2 fully saturated rings. The standard InChI is InChI=1S/C31H48N2O7/c1-9-24-18(5)29-31(6,40-29)25-12-19-15(2)10-20(21(19)14-32-25)28(17(4)23(34)13-26(35)38-24)39-30-27(36)22(33(7)8)11-16(3)37-30/h12,14-18,20,22-24,27-30,34,36H,9-11,13H2,1-8H3/t15?,16-,17?,18?,20?,22+,23?,24?,27-,28?,29?,30+,31?/m1/s1. The van der Waals surface area contributed by atoms with Crippen molar-refractivity contribution in [3.05, 3.63) is 29.1 Å². The summed E-state index contributed by atoms with van der Waals surface area (Å²) in [4.78, 5) is 20.0. The Morgan fingerprint density at radius 2 is 1.85 bits per heavy atom. The van der Waals surface area contributed by atoms with E-state index in [-0.39, 0.29) is 48.5 Å². The summed E-state index contributed by atoms with van der Waals surface area (Å²) in [5.41, 5.74) is 2.66. The van der Waals surface area contributed by atoms with Gasteiger partial charge in [0.2, 0.25) is 0 Å². The van der Waals surface area contributed by atoms with E-state index in [1.807, 2.05) is 46.0 Å². The predicted octanol–water partition coefficient (Wildman–Crippen LogP) is 3.46. The molecule has 4 aliphatic heterocycles. The molecule has 2 N–H and O–H groups in total. The van der Waals surface area contributed by atoms with Crippen LogP contribution in [0.1, 0.15) is 95.9 Å². The van der Waals surface area contributed by atoms with E-state index in [1.165, 1.54) is 5.56 Å². The van der Waals surface area contributed by atoms with Crippen molar-refractivity contribution in [3.8, 4) is 0 Å². The van der Waals surface area contributed by atoms with Gasteiger partial charge in [0.05, 0.1) is 36.5 Å². The van der Waals surface area contributed by atoms with Gasteiger partial charge < -0.3 is 34.1 Å². The number of esters is 1. The van der Waals surface area contributed by atoms with Crippen LogP contribution in [0.15, 0.2) is 12.3 Å². The molecule has 40 heavy (non-hydrogen) atoms. The summed E-state index contributed by atoms with van der Waals surface area (Å²) in [7, 11) is 3.89. The van der Waals surface area contributed by atoms with E-state index in [0.29, 0.717) is 12.8 Å². The van der Waals surface area contributed by atoms with Crippen LogP contribution in [-0.4, -0.2) is 89.1 Å². The number of hydrogen-bond donors (Lipinski definition) is 2. The molecule has 0 spiro atoms. The Balaban J connectivity index is 1.53. The van der Waals surface area contributed by atoms with Gasteiger partial charge in [0.25, 0.3) is 0 Å². The van der Waals surface area contributed by atoms with Crippen molar-refractivity contribution in [2.24, 2.45) is 11.8 Å². The van der Waals surface area contributed by atoms with Gasteiger partial charge in [-0.15, -0.1) is 0 Å². The van der Waals surface area contributed by atoms with Gasteiger partial charge in [-0.25, -0.2) is 0 Å². The zero-order valence-corrected chi connectivity index (χ0v) is 25.2. The van der Waals surface area contributed by atoms with Crippen LogP contribution in [0.25, 0.3) is 0 Å². The molecule has 0 radical (unpaired) electrons. The van der Waals surface area contributed by atoms with Gasteiger partial charge in [0.15, 0.2) is 6.29 Å². The molecular weight excluding hydrogens is 512 g/mol. The van der Waals surface area contributed by atoms with Crippen LogP contribution in [0.3, 0.4) is 0 Å². The molecule has 4 bridgehead atoms. The molecule has 1 aromatic heterocycles. The molecule has 0 saturated carbocycles. The fraction of sp³-hybridized carbons (Fsp3) is 0.806. The number of pyridine rings is 1. The minimum atomic E-state index is -0.993. The highest BCUT2D eigenvalue weighted by molar-refractivity contribution is 5.70. The fourth-order valence-corrected chi connectivity index (χ4v) is 7.43. The highest BCUT2D eigenvalue weighted by atomic mass is 16.7. The lowest BCUT2D eigenvalue weighted by molar-refractivity contribution is -0.278. The Hall–Kier alpha value is -1.62. The maximum atomic E-state index is 13.1. The lowest BCUT2D eigenvalue weighted by Gasteiger charge is -2.44. The summed E-state index contributed by atoms with van der Waals surface area (Å²) in [6, 6.07) is 2.05. The van der Waals surface area contributed by atoms with Crippen molar-refractivity contribution < 1.29 is 34.0 Å². The van der Waals surface area contributed by atoms with Crippen molar-refractivity contribution in [1.29, 1.82) is 0 Å². The maximum Gasteiger partial charge on any atom is 0.308 e. The summed E-state index contributed by atoms with van der Waals surface area (Å²) in [5.74, 6) is -0.719. The largest absolute Gasteiger partial charge is 0.462 e. The molecule has 6 rings (SSSR count). The number of aromatic nitrogens is 1. The minimum absolute atomic E-state index is 0.0217. The molecule has 1 aromatic rings. The molecule has 5 heterocycles. The number of fused-ring (bicyclic) bond motifs is 8. The lowest BCUT2D eigenvalue weighted by Crippen LogP contribution is -2.56. The zero-order valence-electron chi connectivity index (χ0n) is 25.2. The van der Waals surface area contributed by atoms with E-state index in [9.17, 15) is 15.0 Å². The summed E-state index contributed by atoms with van der Waals surface area (Å²) < 4.78 is 25.0. The average molecular weight is 561 g/mol. The van der Waals surface area contributed by atoms with Crippen LogP contribution in [0.5, 0.6) is 0 Å². The monoisotopic (exact) mass is 560 g/mol. The number of aliphatic hydroxyl groups excluding tert-OH is 2. The van der Waals surface area contributed by atoms with E-state index in [2.05, 4.69) is 26.8 Å². The Bertz CT molecular complexity index is 1080. The SMILES string of the molecule is CCC1OC(=O)CC(O)C(C)C(O[C@@H]2O[C@H](C)C[C@H](N(C)C)[C@H]2O)C2CC(C)c3cc(ncc32)C2(C)OC2C1C. The number of hydrogen-bond acceptors (Lipinski definition) is 9. The van der Waals surface area contributed by atoms with Crippen molar-refractivity contribution in [3.63, 3.8) is 0 Å². The van der Waals surface area contributed by atoms with E-state index in [0.717, 1.165) is 17.7 Å². The normalized spacial score (nSPS) is 45.5. The van der Waals surface area contributed by atoms with Crippen LogP contribution in [0, 0.1) is 11.8 Å². The van der Waals surface area contributed by atoms with Gasteiger partial charge in [0.1, 0.15) is 17.8 Å². The first kappa shape index (κ1) is 29.9. The lowest BCUT2D eigenvalue weighted by atomic mass is 9.83. The van der Waals surface area contributed by atoms with Crippen LogP contribution in [0.2, 0.25) is 0 Å². The third-order valence-electron chi connectivity index (χ3n) is 10.1. The second-order valence-corrected chi connectivity index (χ2v) is 13.2. The molecule has 2 saturated heterocycles. The van der Waals surface area contributed by atoms with Crippen LogP contribution >= 0.6 is 0 Å². The van der Waals surface area contributed by atoms with Gasteiger partial charge in [-0.05, 0) is 70.3 Å². The number of ether oxygens (including phenoxy) is 4. The highest BCUT2D eigenvalue weighted by Gasteiger charge is 2.59. The zero-order chi connectivity index (χ0) is 29.1. The molecular formula is C31H48N2O7. The summed E-state index contributed by atoms with van der Waals surface area (Å²) in [6.45, 7) is 12.2. The maximum absolute atomic E-state index is 13.1. The van der Waals surface area contributed by atoms with Crippen molar-refractivity contribution in [2.75, 3.05) is 14.1 Å². The van der Waals surface area contributed by atoms with E-state index < -0.39 is 42.1 Å². The molecule has 9 nitrogen and oxygen atoms in total. The van der Waals surface area contributed by atoms with Crippen molar-refractivity contribution >= 4 is 5.97 Å². The molecule has 0 amide bonds. The smallest absolute Gasteiger partial charge is 0.308 e. The van der Waals surface area contributed by atoms with E-state index in [4.69, 9.17) is 23.9 Å². The Morgan fingerprint density at radius 1 is 1.12 bits per heavy atom. The van der Waals surface area contributed by atoms with Crippen LogP contribution in [0.4, 0.5) is 0 Å².